The lowest BCUT2D eigenvalue weighted by Gasteiger charge is -2.17. The minimum absolute atomic E-state index is 0.176. The maximum atomic E-state index is 5.56. The number of hydrogen-bond acceptors (Lipinski definition) is 4. The molecule has 0 aliphatic heterocycles. The third-order valence-corrected chi connectivity index (χ3v) is 3.20. The molecule has 2 N–H and O–H groups in total. The highest BCUT2D eigenvalue weighted by Crippen LogP contribution is 2.31. The summed E-state index contributed by atoms with van der Waals surface area (Å²) in [6, 6.07) is 0. The standard InChI is InChI=1S/C11H19N3O/c1-8(7-12)11-13-10(14-15-11)9-5-3-2-4-6-9/h8-9H,2-7,12H2,1H3. The summed E-state index contributed by atoms with van der Waals surface area (Å²) in [7, 11) is 0. The minimum Gasteiger partial charge on any atom is -0.339 e. The lowest BCUT2D eigenvalue weighted by molar-refractivity contribution is 0.346. The van der Waals surface area contributed by atoms with Crippen molar-refractivity contribution in [3.8, 4) is 0 Å². The van der Waals surface area contributed by atoms with E-state index in [1.807, 2.05) is 6.92 Å². The second kappa shape index (κ2) is 4.75. The Morgan fingerprint density at radius 3 is 2.80 bits per heavy atom. The highest BCUT2D eigenvalue weighted by molar-refractivity contribution is 4.99. The van der Waals surface area contributed by atoms with Crippen molar-refractivity contribution in [2.75, 3.05) is 6.54 Å². The van der Waals surface area contributed by atoms with Crippen molar-refractivity contribution in [2.45, 2.75) is 50.9 Å². The number of rotatable bonds is 3. The molecule has 2 rings (SSSR count). The highest BCUT2D eigenvalue weighted by atomic mass is 16.5. The molecule has 1 aliphatic rings. The molecule has 1 aromatic rings. The number of hydrogen-bond donors (Lipinski definition) is 1. The molecular weight excluding hydrogens is 190 g/mol. The molecule has 1 heterocycles. The molecule has 0 spiro atoms. The van der Waals surface area contributed by atoms with Gasteiger partial charge in [0.25, 0.3) is 0 Å². The van der Waals surface area contributed by atoms with Crippen LogP contribution in [-0.2, 0) is 0 Å². The van der Waals surface area contributed by atoms with Crippen molar-refractivity contribution in [1.82, 2.24) is 10.1 Å². The van der Waals surface area contributed by atoms with E-state index in [2.05, 4.69) is 10.1 Å². The van der Waals surface area contributed by atoms with Gasteiger partial charge in [0.2, 0.25) is 5.89 Å². The zero-order valence-electron chi connectivity index (χ0n) is 9.28. The zero-order chi connectivity index (χ0) is 10.7. The van der Waals surface area contributed by atoms with Gasteiger partial charge >= 0.3 is 0 Å². The number of nitrogens with two attached hydrogens (primary N) is 1. The highest BCUT2D eigenvalue weighted by Gasteiger charge is 2.22. The van der Waals surface area contributed by atoms with Crippen molar-refractivity contribution in [2.24, 2.45) is 5.73 Å². The predicted molar refractivity (Wildman–Crippen MR) is 57.6 cm³/mol. The third kappa shape index (κ3) is 2.37. The summed E-state index contributed by atoms with van der Waals surface area (Å²) in [5.74, 6) is 2.28. The fraction of sp³-hybridized carbons (Fsp3) is 0.818. The molecule has 4 nitrogen and oxygen atoms in total. The molecule has 1 unspecified atom stereocenters. The molecule has 0 saturated heterocycles. The van der Waals surface area contributed by atoms with Crippen LogP contribution in [0.25, 0.3) is 0 Å². The normalized spacial score (nSPS) is 20.4. The Labute approximate surface area is 90.2 Å². The predicted octanol–water partition coefficient (Wildman–Crippen LogP) is 2.18. The van der Waals surface area contributed by atoms with E-state index in [4.69, 9.17) is 10.3 Å². The Morgan fingerprint density at radius 1 is 1.40 bits per heavy atom. The van der Waals surface area contributed by atoms with E-state index in [9.17, 15) is 0 Å². The first-order valence-corrected chi connectivity index (χ1v) is 5.85. The Bertz CT molecular complexity index is 305. The topological polar surface area (TPSA) is 64.9 Å². The average Bonchev–Trinajstić information content (AvgIpc) is 2.78. The van der Waals surface area contributed by atoms with Crippen molar-refractivity contribution < 1.29 is 4.52 Å². The van der Waals surface area contributed by atoms with Crippen LogP contribution < -0.4 is 5.73 Å². The molecule has 1 saturated carbocycles. The van der Waals surface area contributed by atoms with Gasteiger partial charge in [-0.1, -0.05) is 31.3 Å². The molecule has 0 aromatic carbocycles. The SMILES string of the molecule is CC(CN)c1nc(C2CCCCC2)no1. The van der Waals surface area contributed by atoms with E-state index in [-0.39, 0.29) is 5.92 Å². The molecular formula is C11H19N3O. The van der Waals surface area contributed by atoms with Crippen LogP contribution in [0.1, 0.15) is 62.6 Å². The van der Waals surface area contributed by atoms with Crippen LogP contribution in [0.15, 0.2) is 4.52 Å². The summed E-state index contributed by atoms with van der Waals surface area (Å²) in [5, 5.41) is 4.07. The summed E-state index contributed by atoms with van der Waals surface area (Å²) in [5.41, 5.74) is 5.56. The van der Waals surface area contributed by atoms with Gasteiger partial charge in [0.05, 0.1) is 0 Å². The van der Waals surface area contributed by atoms with E-state index >= 15 is 0 Å². The molecule has 15 heavy (non-hydrogen) atoms. The molecule has 1 atom stereocenters. The molecule has 1 aliphatic carbocycles. The van der Waals surface area contributed by atoms with Crippen LogP contribution in [0.5, 0.6) is 0 Å². The lowest BCUT2D eigenvalue weighted by atomic mass is 9.89. The number of aromatic nitrogens is 2. The molecule has 0 amide bonds. The van der Waals surface area contributed by atoms with E-state index in [1.165, 1.54) is 32.1 Å². The van der Waals surface area contributed by atoms with E-state index < -0.39 is 0 Å². The van der Waals surface area contributed by atoms with Gasteiger partial charge in [0.15, 0.2) is 5.82 Å². The van der Waals surface area contributed by atoms with Gasteiger partial charge in [0, 0.05) is 18.4 Å². The minimum atomic E-state index is 0.176. The second-order valence-electron chi connectivity index (χ2n) is 4.46. The summed E-state index contributed by atoms with van der Waals surface area (Å²) < 4.78 is 5.23. The van der Waals surface area contributed by atoms with Crippen LogP contribution in [0.2, 0.25) is 0 Å². The Kier molecular flexibility index (Phi) is 3.36. The van der Waals surface area contributed by atoms with E-state index in [0.717, 1.165) is 5.82 Å². The van der Waals surface area contributed by atoms with Crippen molar-refractivity contribution in [3.05, 3.63) is 11.7 Å². The first kappa shape index (κ1) is 10.6. The average molecular weight is 209 g/mol. The number of nitrogens with zero attached hydrogens (tertiary/aromatic N) is 2. The summed E-state index contributed by atoms with van der Waals surface area (Å²) in [6.07, 6.45) is 6.34. The van der Waals surface area contributed by atoms with Crippen molar-refractivity contribution in [1.29, 1.82) is 0 Å². The smallest absolute Gasteiger partial charge is 0.230 e. The Morgan fingerprint density at radius 2 is 2.13 bits per heavy atom. The quantitative estimate of drug-likeness (QED) is 0.828. The van der Waals surface area contributed by atoms with Crippen molar-refractivity contribution >= 4 is 0 Å². The van der Waals surface area contributed by atoms with Crippen LogP contribution in [0, 0.1) is 0 Å². The van der Waals surface area contributed by atoms with Crippen LogP contribution in [0.3, 0.4) is 0 Å². The molecule has 0 radical (unpaired) electrons. The first-order chi connectivity index (χ1) is 7.31. The second-order valence-corrected chi connectivity index (χ2v) is 4.46. The summed E-state index contributed by atoms with van der Waals surface area (Å²) in [4.78, 5) is 4.45. The van der Waals surface area contributed by atoms with Gasteiger partial charge in [0.1, 0.15) is 0 Å². The monoisotopic (exact) mass is 209 g/mol. The molecule has 1 aromatic heterocycles. The van der Waals surface area contributed by atoms with Gasteiger partial charge in [-0.3, -0.25) is 0 Å². The molecule has 1 fully saturated rings. The van der Waals surface area contributed by atoms with Gasteiger partial charge in [-0.05, 0) is 12.8 Å². The van der Waals surface area contributed by atoms with E-state index in [1.54, 1.807) is 0 Å². The Balaban J connectivity index is 2.05. The summed E-state index contributed by atoms with van der Waals surface area (Å²) in [6.45, 7) is 2.57. The molecule has 84 valence electrons. The molecule has 4 heteroatoms. The van der Waals surface area contributed by atoms with Gasteiger partial charge in [-0.15, -0.1) is 0 Å². The fourth-order valence-electron chi connectivity index (χ4n) is 2.07. The summed E-state index contributed by atoms with van der Waals surface area (Å²) >= 11 is 0. The lowest BCUT2D eigenvalue weighted by Crippen LogP contribution is -2.10. The van der Waals surface area contributed by atoms with Crippen LogP contribution in [0.4, 0.5) is 0 Å². The largest absolute Gasteiger partial charge is 0.339 e. The molecule has 0 bridgehead atoms. The Hall–Kier alpha value is -0.900. The van der Waals surface area contributed by atoms with Crippen LogP contribution >= 0.6 is 0 Å². The maximum Gasteiger partial charge on any atom is 0.230 e. The van der Waals surface area contributed by atoms with Gasteiger partial charge < -0.3 is 10.3 Å². The third-order valence-electron chi connectivity index (χ3n) is 3.20. The fourth-order valence-corrected chi connectivity index (χ4v) is 2.07. The van der Waals surface area contributed by atoms with Gasteiger partial charge in [-0.25, -0.2) is 0 Å². The van der Waals surface area contributed by atoms with E-state index in [0.29, 0.717) is 18.4 Å². The maximum absolute atomic E-state index is 5.56. The first-order valence-electron chi connectivity index (χ1n) is 5.85. The zero-order valence-corrected chi connectivity index (χ0v) is 9.28. The van der Waals surface area contributed by atoms with Crippen molar-refractivity contribution in [3.63, 3.8) is 0 Å². The van der Waals surface area contributed by atoms with Crippen LogP contribution in [-0.4, -0.2) is 16.7 Å². The van der Waals surface area contributed by atoms with Gasteiger partial charge in [-0.2, -0.15) is 4.98 Å².